The smallest absolute Gasteiger partial charge is 0.229 e. The molecule has 19 heavy (non-hydrogen) atoms. The van der Waals surface area contributed by atoms with Crippen molar-refractivity contribution in [3.8, 4) is 0 Å². The van der Waals surface area contributed by atoms with E-state index in [0.717, 1.165) is 56.4 Å². The number of piperidine rings is 1. The molecule has 0 aromatic carbocycles. The Morgan fingerprint density at radius 3 is 2.84 bits per heavy atom. The molecule has 1 aliphatic heterocycles. The molecule has 102 valence electrons. The number of likely N-dealkylation sites (tertiary alicyclic amines) is 1. The summed E-state index contributed by atoms with van der Waals surface area (Å²) < 4.78 is 10.7. The minimum atomic E-state index is 0.417. The average molecular weight is 261 g/mol. The second-order valence-corrected chi connectivity index (χ2v) is 5.03. The molecular formula is C14H19N3O2. The van der Waals surface area contributed by atoms with E-state index in [4.69, 9.17) is 8.94 Å². The van der Waals surface area contributed by atoms with Gasteiger partial charge in [0.15, 0.2) is 5.82 Å². The second-order valence-electron chi connectivity index (χ2n) is 5.03. The van der Waals surface area contributed by atoms with Crippen LogP contribution in [0.2, 0.25) is 0 Å². The SMILES string of the molecule is CCc1noc(C2CCN(Cc3ccco3)CC2)n1. The molecule has 2 aromatic rings. The molecule has 2 aromatic heterocycles. The van der Waals surface area contributed by atoms with Gasteiger partial charge in [0.25, 0.3) is 0 Å². The molecule has 0 aliphatic carbocycles. The summed E-state index contributed by atoms with van der Waals surface area (Å²) in [6.45, 7) is 5.04. The van der Waals surface area contributed by atoms with Crippen molar-refractivity contribution in [2.45, 2.75) is 38.6 Å². The van der Waals surface area contributed by atoms with E-state index in [-0.39, 0.29) is 0 Å². The number of aryl methyl sites for hydroxylation is 1. The highest BCUT2D eigenvalue weighted by atomic mass is 16.5. The summed E-state index contributed by atoms with van der Waals surface area (Å²) in [5.41, 5.74) is 0. The zero-order valence-electron chi connectivity index (χ0n) is 11.2. The van der Waals surface area contributed by atoms with Crippen LogP contribution in [-0.2, 0) is 13.0 Å². The summed E-state index contributed by atoms with van der Waals surface area (Å²) in [5.74, 6) is 3.08. The maximum Gasteiger partial charge on any atom is 0.229 e. The van der Waals surface area contributed by atoms with Gasteiger partial charge in [-0.2, -0.15) is 4.98 Å². The maximum atomic E-state index is 5.38. The Balaban J connectivity index is 1.54. The lowest BCUT2D eigenvalue weighted by atomic mass is 9.97. The zero-order chi connectivity index (χ0) is 13.1. The molecule has 3 rings (SSSR count). The highest BCUT2D eigenvalue weighted by molar-refractivity contribution is 5.00. The van der Waals surface area contributed by atoms with Gasteiger partial charge in [-0.1, -0.05) is 12.1 Å². The van der Waals surface area contributed by atoms with Gasteiger partial charge >= 0.3 is 0 Å². The molecule has 0 radical (unpaired) electrons. The first kappa shape index (κ1) is 12.4. The minimum Gasteiger partial charge on any atom is -0.468 e. The molecule has 0 N–H and O–H groups in total. The van der Waals surface area contributed by atoms with E-state index in [2.05, 4.69) is 15.0 Å². The number of hydrogen-bond donors (Lipinski definition) is 0. The third kappa shape index (κ3) is 2.87. The van der Waals surface area contributed by atoms with Gasteiger partial charge in [0, 0.05) is 12.3 Å². The Bertz CT molecular complexity index is 499. The van der Waals surface area contributed by atoms with Gasteiger partial charge in [0.05, 0.1) is 12.8 Å². The Morgan fingerprint density at radius 1 is 1.37 bits per heavy atom. The lowest BCUT2D eigenvalue weighted by Gasteiger charge is -2.29. The van der Waals surface area contributed by atoms with Crippen LogP contribution >= 0.6 is 0 Å². The van der Waals surface area contributed by atoms with Crippen LogP contribution in [0.5, 0.6) is 0 Å². The molecule has 0 atom stereocenters. The van der Waals surface area contributed by atoms with Crippen LogP contribution < -0.4 is 0 Å². The quantitative estimate of drug-likeness (QED) is 0.846. The van der Waals surface area contributed by atoms with Crippen molar-refractivity contribution >= 4 is 0 Å². The number of aromatic nitrogens is 2. The molecule has 0 amide bonds. The van der Waals surface area contributed by atoms with Crippen LogP contribution in [0, 0.1) is 0 Å². The fraction of sp³-hybridized carbons (Fsp3) is 0.571. The first-order valence-corrected chi connectivity index (χ1v) is 6.92. The third-order valence-electron chi connectivity index (χ3n) is 3.70. The standard InChI is InChI=1S/C14H19N3O2/c1-2-13-15-14(19-16-13)11-5-7-17(8-6-11)10-12-4-3-9-18-12/h3-4,9,11H,2,5-8,10H2,1H3. The normalized spacial score (nSPS) is 17.9. The number of nitrogens with zero attached hydrogens (tertiary/aromatic N) is 3. The molecule has 1 fully saturated rings. The fourth-order valence-electron chi connectivity index (χ4n) is 2.54. The summed E-state index contributed by atoms with van der Waals surface area (Å²) >= 11 is 0. The first-order valence-electron chi connectivity index (χ1n) is 6.92. The van der Waals surface area contributed by atoms with E-state index in [9.17, 15) is 0 Å². The molecule has 0 saturated carbocycles. The molecule has 5 nitrogen and oxygen atoms in total. The van der Waals surface area contributed by atoms with Gasteiger partial charge in [0.2, 0.25) is 5.89 Å². The summed E-state index contributed by atoms with van der Waals surface area (Å²) in [5, 5.41) is 3.97. The number of furan rings is 1. The predicted octanol–water partition coefficient (Wildman–Crippen LogP) is 2.60. The summed E-state index contributed by atoms with van der Waals surface area (Å²) in [7, 11) is 0. The molecule has 1 saturated heterocycles. The second kappa shape index (κ2) is 5.57. The molecule has 0 unspecified atom stereocenters. The largest absolute Gasteiger partial charge is 0.468 e. The number of rotatable bonds is 4. The lowest BCUT2D eigenvalue weighted by molar-refractivity contribution is 0.176. The monoisotopic (exact) mass is 261 g/mol. The Kier molecular flexibility index (Phi) is 3.64. The van der Waals surface area contributed by atoms with Crippen LogP contribution in [0.1, 0.15) is 43.2 Å². The van der Waals surface area contributed by atoms with Gasteiger partial charge in [-0.25, -0.2) is 0 Å². The van der Waals surface area contributed by atoms with Gasteiger partial charge in [0.1, 0.15) is 5.76 Å². The van der Waals surface area contributed by atoms with Gasteiger partial charge < -0.3 is 8.94 Å². The van der Waals surface area contributed by atoms with E-state index < -0.39 is 0 Å². The lowest BCUT2D eigenvalue weighted by Crippen LogP contribution is -2.32. The molecule has 0 bridgehead atoms. The molecule has 3 heterocycles. The van der Waals surface area contributed by atoms with Crippen LogP contribution in [0.4, 0.5) is 0 Å². The van der Waals surface area contributed by atoms with Crippen LogP contribution in [0.15, 0.2) is 27.3 Å². The summed E-state index contributed by atoms with van der Waals surface area (Å²) in [6, 6.07) is 3.96. The Labute approximate surface area is 112 Å². The molecule has 5 heteroatoms. The van der Waals surface area contributed by atoms with Gasteiger partial charge in [-0.15, -0.1) is 0 Å². The average Bonchev–Trinajstić information content (AvgIpc) is 3.10. The zero-order valence-corrected chi connectivity index (χ0v) is 11.2. The molecule has 1 aliphatic rings. The first-order chi connectivity index (χ1) is 9.35. The van der Waals surface area contributed by atoms with Crippen molar-refractivity contribution in [3.05, 3.63) is 35.9 Å². The van der Waals surface area contributed by atoms with Crippen molar-refractivity contribution < 1.29 is 8.94 Å². The third-order valence-corrected chi connectivity index (χ3v) is 3.70. The predicted molar refractivity (Wildman–Crippen MR) is 69.6 cm³/mol. The van der Waals surface area contributed by atoms with E-state index >= 15 is 0 Å². The van der Waals surface area contributed by atoms with E-state index in [0.29, 0.717) is 5.92 Å². The fourth-order valence-corrected chi connectivity index (χ4v) is 2.54. The van der Waals surface area contributed by atoms with Crippen LogP contribution in [0.3, 0.4) is 0 Å². The summed E-state index contributed by atoms with van der Waals surface area (Å²) in [4.78, 5) is 6.85. The van der Waals surface area contributed by atoms with Crippen LogP contribution in [-0.4, -0.2) is 28.1 Å². The van der Waals surface area contributed by atoms with E-state index in [1.54, 1.807) is 6.26 Å². The van der Waals surface area contributed by atoms with Crippen molar-refractivity contribution in [2.75, 3.05) is 13.1 Å². The summed E-state index contributed by atoms with van der Waals surface area (Å²) in [6.07, 6.45) is 4.71. The Morgan fingerprint density at radius 2 is 2.21 bits per heavy atom. The number of hydrogen-bond acceptors (Lipinski definition) is 5. The van der Waals surface area contributed by atoms with E-state index in [1.165, 1.54) is 0 Å². The van der Waals surface area contributed by atoms with Crippen LogP contribution in [0.25, 0.3) is 0 Å². The highest BCUT2D eigenvalue weighted by Crippen LogP contribution is 2.27. The molecule has 0 spiro atoms. The van der Waals surface area contributed by atoms with Crippen molar-refractivity contribution in [2.24, 2.45) is 0 Å². The van der Waals surface area contributed by atoms with Gasteiger partial charge in [-0.05, 0) is 38.1 Å². The maximum absolute atomic E-state index is 5.38. The molecular weight excluding hydrogens is 242 g/mol. The van der Waals surface area contributed by atoms with Gasteiger partial charge in [-0.3, -0.25) is 4.90 Å². The van der Waals surface area contributed by atoms with Crippen molar-refractivity contribution in [1.29, 1.82) is 0 Å². The van der Waals surface area contributed by atoms with E-state index in [1.807, 2.05) is 19.1 Å². The van der Waals surface area contributed by atoms with Crippen molar-refractivity contribution in [3.63, 3.8) is 0 Å². The minimum absolute atomic E-state index is 0.417. The Hall–Kier alpha value is -1.62. The van der Waals surface area contributed by atoms with Crippen molar-refractivity contribution in [1.82, 2.24) is 15.0 Å². The highest BCUT2D eigenvalue weighted by Gasteiger charge is 2.25. The topological polar surface area (TPSA) is 55.3 Å².